The van der Waals surface area contributed by atoms with Crippen LogP contribution in [0.2, 0.25) is 0 Å². The molecule has 0 amide bonds. The number of carbonyl (C=O) groups excluding carboxylic acids is 2. The van der Waals surface area contributed by atoms with Crippen LogP contribution in [0.25, 0.3) is 0 Å². The lowest BCUT2D eigenvalue weighted by atomic mass is 9.46. The molecule has 2 fully saturated rings. The number of hydrogen-bond acceptors (Lipinski definition) is 2. The zero-order chi connectivity index (χ0) is 18.2. The Morgan fingerprint density at radius 1 is 1.12 bits per heavy atom. The van der Waals surface area contributed by atoms with E-state index in [9.17, 15) is 9.59 Å². The third-order valence-electron chi connectivity index (χ3n) is 8.81. The Morgan fingerprint density at radius 2 is 1.80 bits per heavy atom. The standard InChI is InChI=1S/C23H30O2/c1-14-12-17-18(21(3)9-6-16(25)13-20(14)21)7-11-23(5)19(17)8-10-22(23,4)15(2)24/h6,9,12-13,17-19H,7-8,10-11H2,1-5H3/t17?,18?,19?,21?,22-,23?/m1/s1. The van der Waals surface area contributed by atoms with Crippen molar-refractivity contribution < 1.29 is 9.59 Å². The van der Waals surface area contributed by atoms with Crippen molar-refractivity contribution >= 4 is 11.6 Å². The Kier molecular flexibility index (Phi) is 3.43. The van der Waals surface area contributed by atoms with E-state index in [1.807, 2.05) is 6.08 Å². The normalized spacial score (nSPS) is 48.2. The Balaban J connectivity index is 1.81. The molecule has 4 rings (SSSR count). The number of carbonyl (C=O) groups is 2. The molecule has 4 aliphatic carbocycles. The highest BCUT2D eigenvalue weighted by Gasteiger charge is 2.63. The van der Waals surface area contributed by atoms with Gasteiger partial charge in [-0.15, -0.1) is 0 Å². The second kappa shape index (κ2) is 5.05. The first kappa shape index (κ1) is 17.0. The van der Waals surface area contributed by atoms with Crippen molar-refractivity contribution in [3.8, 4) is 0 Å². The zero-order valence-corrected chi connectivity index (χ0v) is 16.2. The number of Topliss-reactive ketones (excluding diaryl/α,β-unsaturated/α-hetero) is 1. The molecule has 5 unspecified atom stereocenters. The van der Waals surface area contributed by atoms with Crippen LogP contribution in [-0.2, 0) is 9.59 Å². The van der Waals surface area contributed by atoms with Crippen LogP contribution in [-0.4, -0.2) is 11.6 Å². The van der Waals surface area contributed by atoms with Crippen LogP contribution in [0.5, 0.6) is 0 Å². The molecule has 0 aromatic carbocycles. The van der Waals surface area contributed by atoms with Gasteiger partial charge in [0.15, 0.2) is 5.78 Å². The molecular weight excluding hydrogens is 308 g/mol. The van der Waals surface area contributed by atoms with E-state index in [1.54, 1.807) is 13.0 Å². The molecule has 4 aliphatic rings. The third-order valence-corrected chi connectivity index (χ3v) is 8.81. The largest absolute Gasteiger partial charge is 0.299 e. The molecule has 0 radical (unpaired) electrons. The first-order chi connectivity index (χ1) is 11.6. The topological polar surface area (TPSA) is 34.1 Å². The minimum Gasteiger partial charge on any atom is -0.299 e. The highest BCUT2D eigenvalue weighted by molar-refractivity contribution is 6.01. The summed E-state index contributed by atoms with van der Waals surface area (Å²) < 4.78 is 0. The minimum atomic E-state index is -0.181. The number of fused-ring (bicyclic) bond motifs is 5. The SMILES string of the molecule is CC(=O)[C@@]1(C)CCC2C3C=C(C)C4=CC(=O)C=CC4(C)C3CCC21C. The summed E-state index contributed by atoms with van der Waals surface area (Å²) in [6, 6.07) is 0. The first-order valence-electron chi connectivity index (χ1n) is 9.79. The lowest BCUT2D eigenvalue weighted by Crippen LogP contribution is -2.52. The average molecular weight is 338 g/mol. The predicted molar refractivity (Wildman–Crippen MR) is 99.9 cm³/mol. The van der Waals surface area contributed by atoms with Crippen LogP contribution in [0.3, 0.4) is 0 Å². The Labute approximate surface area is 151 Å². The van der Waals surface area contributed by atoms with Crippen molar-refractivity contribution in [2.24, 2.45) is 34.0 Å². The van der Waals surface area contributed by atoms with E-state index in [1.165, 1.54) is 11.1 Å². The van der Waals surface area contributed by atoms with Crippen LogP contribution in [0, 0.1) is 34.0 Å². The van der Waals surface area contributed by atoms with E-state index in [0.717, 1.165) is 25.7 Å². The predicted octanol–water partition coefficient (Wildman–Crippen LogP) is 5.06. The summed E-state index contributed by atoms with van der Waals surface area (Å²) in [6.45, 7) is 10.9. The van der Waals surface area contributed by atoms with Crippen LogP contribution >= 0.6 is 0 Å². The molecule has 0 spiro atoms. The summed E-state index contributed by atoms with van der Waals surface area (Å²) in [7, 11) is 0. The van der Waals surface area contributed by atoms with Crippen molar-refractivity contribution in [3.63, 3.8) is 0 Å². The van der Waals surface area contributed by atoms with Gasteiger partial charge < -0.3 is 0 Å². The van der Waals surface area contributed by atoms with Gasteiger partial charge in [0.2, 0.25) is 0 Å². The summed E-state index contributed by atoms with van der Waals surface area (Å²) in [4.78, 5) is 24.4. The van der Waals surface area contributed by atoms with E-state index >= 15 is 0 Å². The van der Waals surface area contributed by atoms with E-state index in [4.69, 9.17) is 0 Å². The van der Waals surface area contributed by atoms with Crippen LogP contribution in [0.1, 0.15) is 60.3 Å². The smallest absolute Gasteiger partial charge is 0.178 e. The van der Waals surface area contributed by atoms with Crippen LogP contribution in [0.4, 0.5) is 0 Å². The molecule has 0 saturated heterocycles. The van der Waals surface area contributed by atoms with Crippen LogP contribution in [0.15, 0.2) is 35.5 Å². The molecule has 0 bridgehead atoms. The van der Waals surface area contributed by atoms with Gasteiger partial charge in [0, 0.05) is 10.8 Å². The summed E-state index contributed by atoms with van der Waals surface area (Å²) in [5.74, 6) is 2.10. The third kappa shape index (κ3) is 1.97. The highest BCUT2D eigenvalue weighted by Crippen LogP contribution is 2.68. The molecule has 0 heterocycles. The highest BCUT2D eigenvalue weighted by atomic mass is 16.1. The summed E-state index contributed by atoms with van der Waals surface area (Å²) >= 11 is 0. The van der Waals surface area contributed by atoms with Crippen molar-refractivity contribution in [2.75, 3.05) is 0 Å². The Morgan fingerprint density at radius 3 is 2.48 bits per heavy atom. The quantitative estimate of drug-likeness (QED) is 0.670. The molecule has 6 atom stereocenters. The molecule has 0 aromatic rings. The van der Waals surface area contributed by atoms with Gasteiger partial charge in [0.05, 0.1) is 0 Å². The molecule has 2 nitrogen and oxygen atoms in total. The molecule has 134 valence electrons. The van der Waals surface area contributed by atoms with E-state index in [-0.39, 0.29) is 22.0 Å². The van der Waals surface area contributed by atoms with Gasteiger partial charge in [0.25, 0.3) is 0 Å². The number of hydrogen-bond donors (Lipinski definition) is 0. The van der Waals surface area contributed by atoms with Crippen molar-refractivity contribution in [1.29, 1.82) is 0 Å². The van der Waals surface area contributed by atoms with Gasteiger partial charge in [-0.05, 0) is 80.4 Å². The van der Waals surface area contributed by atoms with Gasteiger partial charge in [-0.25, -0.2) is 0 Å². The van der Waals surface area contributed by atoms with E-state index < -0.39 is 0 Å². The van der Waals surface area contributed by atoms with Gasteiger partial charge in [-0.3, -0.25) is 9.59 Å². The number of allylic oxidation sites excluding steroid dienone is 6. The fraction of sp³-hybridized carbons (Fsp3) is 0.652. The first-order valence-corrected chi connectivity index (χ1v) is 9.79. The minimum absolute atomic E-state index is 0.0338. The monoisotopic (exact) mass is 338 g/mol. The van der Waals surface area contributed by atoms with E-state index in [2.05, 4.69) is 39.8 Å². The maximum Gasteiger partial charge on any atom is 0.178 e. The van der Waals surface area contributed by atoms with Gasteiger partial charge >= 0.3 is 0 Å². The van der Waals surface area contributed by atoms with Crippen molar-refractivity contribution in [3.05, 3.63) is 35.5 Å². The molecule has 0 aliphatic heterocycles. The average Bonchev–Trinajstić information content (AvgIpc) is 2.83. The van der Waals surface area contributed by atoms with Crippen LogP contribution < -0.4 is 0 Å². The fourth-order valence-electron chi connectivity index (χ4n) is 6.91. The summed E-state index contributed by atoms with van der Waals surface area (Å²) in [6.07, 6.45) is 12.6. The zero-order valence-electron chi connectivity index (χ0n) is 16.2. The molecule has 25 heavy (non-hydrogen) atoms. The van der Waals surface area contributed by atoms with Crippen molar-refractivity contribution in [2.45, 2.75) is 60.3 Å². The second-order valence-electron chi connectivity index (χ2n) is 9.60. The lowest BCUT2D eigenvalue weighted by molar-refractivity contribution is -0.136. The van der Waals surface area contributed by atoms with E-state index in [0.29, 0.717) is 23.5 Å². The summed E-state index contributed by atoms with van der Waals surface area (Å²) in [5.41, 5.74) is 2.37. The second-order valence-corrected chi connectivity index (χ2v) is 9.60. The lowest BCUT2D eigenvalue weighted by Gasteiger charge is -2.57. The fourth-order valence-corrected chi connectivity index (χ4v) is 6.91. The molecule has 0 aromatic heterocycles. The molecule has 0 N–H and O–H groups in total. The maximum absolute atomic E-state index is 12.5. The maximum atomic E-state index is 12.5. The Bertz CT molecular complexity index is 754. The van der Waals surface area contributed by atoms with Gasteiger partial charge in [0.1, 0.15) is 5.78 Å². The molecule has 2 saturated carbocycles. The van der Waals surface area contributed by atoms with Crippen molar-refractivity contribution in [1.82, 2.24) is 0 Å². The summed E-state index contributed by atoms with van der Waals surface area (Å²) in [5, 5.41) is 0. The van der Waals surface area contributed by atoms with Gasteiger partial charge in [-0.1, -0.05) is 38.5 Å². The molecule has 2 heteroatoms. The van der Waals surface area contributed by atoms with Gasteiger partial charge in [-0.2, -0.15) is 0 Å². The molecular formula is C23H30O2. The number of rotatable bonds is 1. The Hall–Kier alpha value is -1.44. The number of ketones is 2.